The van der Waals surface area contributed by atoms with Crippen molar-refractivity contribution in [3.63, 3.8) is 0 Å². The molecule has 0 saturated heterocycles. The van der Waals surface area contributed by atoms with Gasteiger partial charge in [-0.1, -0.05) is 53.7 Å². The largest absolute Gasteiger partial charge is 0.348 e. The third-order valence-corrected chi connectivity index (χ3v) is 6.11. The SMILES string of the molecule is Cc1ccc(Sc2ncccc2C(=O)NCc2ccccc2Cn2cncn2)c(C)c1. The minimum Gasteiger partial charge on any atom is -0.348 e. The molecule has 0 atom stereocenters. The number of nitrogens with zero attached hydrogens (tertiary/aromatic N) is 4. The lowest BCUT2D eigenvalue weighted by molar-refractivity contribution is 0.0947. The average molecular weight is 430 g/mol. The van der Waals surface area contributed by atoms with E-state index >= 15 is 0 Å². The first kappa shape index (κ1) is 20.8. The lowest BCUT2D eigenvalue weighted by Crippen LogP contribution is -2.24. The molecule has 6 nitrogen and oxygen atoms in total. The number of nitrogens with one attached hydrogen (secondary N) is 1. The van der Waals surface area contributed by atoms with E-state index in [0.29, 0.717) is 23.7 Å². The second kappa shape index (κ2) is 9.57. The Hall–Kier alpha value is -3.45. The Bertz CT molecular complexity index is 1190. The molecule has 4 aromatic rings. The zero-order valence-electron chi connectivity index (χ0n) is 17.4. The van der Waals surface area contributed by atoms with Crippen LogP contribution in [0.4, 0.5) is 0 Å². The first-order valence-corrected chi connectivity index (χ1v) is 10.8. The highest BCUT2D eigenvalue weighted by Crippen LogP contribution is 2.31. The lowest BCUT2D eigenvalue weighted by Gasteiger charge is -2.13. The van der Waals surface area contributed by atoms with Crippen LogP contribution in [-0.4, -0.2) is 25.7 Å². The molecule has 1 amide bonds. The monoisotopic (exact) mass is 429 g/mol. The van der Waals surface area contributed by atoms with Gasteiger partial charge in [0.2, 0.25) is 0 Å². The summed E-state index contributed by atoms with van der Waals surface area (Å²) in [4.78, 5) is 22.6. The van der Waals surface area contributed by atoms with E-state index < -0.39 is 0 Å². The van der Waals surface area contributed by atoms with Gasteiger partial charge in [-0.25, -0.2) is 14.6 Å². The summed E-state index contributed by atoms with van der Waals surface area (Å²) in [5.41, 5.74) is 5.08. The number of aromatic nitrogens is 4. The molecule has 0 aliphatic carbocycles. The predicted molar refractivity (Wildman–Crippen MR) is 121 cm³/mol. The second-order valence-corrected chi connectivity index (χ2v) is 8.30. The second-order valence-electron chi connectivity index (χ2n) is 7.27. The molecule has 0 aliphatic rings. The molecule has 7 heteroatoms. The first-order chi connectivity index (χ1) is 15.1. The summed E-state index contributed by atoms with van der Waals surface area (Å²) in [5, 5.41) is 7.91. The Kier molecular flexibility index (Phi) is 6.43. The highest BCUT2D eigenvalue weighted by atomic mass is 32.2. The van der Waals surface area contributed by atoms with Gasteiger partial charge in [-0.3, -0.25) is 4.79 Å². The summed E-state index contributed by atoms with van der Waals surface area (Å²) in [6.07, 6.45) is 4.92. The molecule has 0 saturated carbocycles. The van der Waals surface area contributed by atoms with Crippen molar-refractivity contribution < 1.29 is 4.79 Å². The molecule has 4 rings (SSSR count). The van der Waals surface area contributed by atoms with E-state index in [4.69, 9.17) is 0 Å². The minimum atomic E-state index is -0.143. The van der Waals surface area contributed by atoms with E-state index in [1.807, 2.05) is 30.3 Å². The number of hydrogen-bond acceptors (Lipinski definition) is 5. The van der Waals surface area contributed by atoms with Gasteiger partial charge in [0.05, 0.1) is 12.1 Å². The summed E-state index contributed by atoms with van der Waals surface area (Å²) < 4.78 is 1.76. The highest BCUT2D eigenvalue weighted by Gasteiger charge is 2.15. The number of carbonyl (C=O) groups is 1. The third kappa shape index (κ3) is 5.19. The van der Waals surface area contributed by atoms with Gasteiger partial charge in [-0.05, 0) is 48.7 Å². The van der Waals surface area contributed by atoms with E-state index in [2.05, 4.69) is 52.4 Å². The van der Waals surface area contributed by atoms with Crippen LogP contribution in [0.15, 0.2) is 83.4 Å². The molecule has 1 N–H and O–H groups in total. The van der Waals surface area contributed by atoms with Crippen molar-refractivity contribution in [2.24, 2.45) is 0 Å². The minimum absolute atomic E-state index is 0.143. The maximum absolute atomic E-state index is 13.0. The van der Waals surface area contributed by atoms with E-state index in [0.717, 1.165) is 16.0 Å². The topological polar surface area (TPSA) is 72.7 Å². The fourth-order valence-electron chi connectivity index (χ4n) is 3.31. The van der Waals surface area contributed by atoms with Gasteiger partial charge < -0.3 is 5.32 Å². The number of hydrogen-bond donors (Lipinski definition) is 1. The third-order valence-electron chi connectivity index (χ3n) is 4.91. The number of carbonyl (C=O) groups excluding carboxylic acids is 1. The van der Waals surface area contributed by atoms with E-state index in [9.17, 15) is 4.79 Å². The summed E-state index contributed by atoms with van der Waals surface area (Å²) in [6.45, 7) is 5.17. The van der Waals surface area contributed by atoms with Gasteiger partial charge in [0.1, 0.15) is 17.7 Å². The molecule has 31 heavy (non-hydrogen) atoms. The van der Waals surface area contributed by atoms with E-state index in [1.165, 1.54) is 29.2 Å². The number of rotatable bonds is 7. The molecule has 0 spiro atoms. The van der Waals surface area contributed by atoms with E-state index in [1.54, 1.807) is 23.3 Å². The number of benzene rings is 2. The zero-order valence-corrected chi connectivity index (χ0v) is 18.3. The first-order valence-electron chi connectivity index (χ1n) is 9.97. The van der Waals surface area contributed by atoms with Gasteiger partial charge in [-0.2, -0.15) is 5.10 Å². The van der Waals surface area contributed by atoms with E-state index in [-0.39, 0.29) is 5.91 Å². The Labute approximate surface area is 185 Å². The Balaban J connectivity index is 1.49. The molecule has 2 aromatic heterocycles. The summed E-state index contributed by atoms with van der Waals surface area (Å²) in [7, 11) is 0. The maximum atomic E-state index is 13.0. The van der Waals surface area contributed by atoms with Crippen molar-refractivity contribution in [1.29, 1.82) is 0 Å². The molecule has 0 bridgehead atoms. The van der Waals surface area contributed by atoms with Crippen molar-refractivity contribution in [3.05, 3.63) is 101 Å². The van der Waals surface area contributed by atoms with Gasteiger partial charge in [0.25, 0.3) is 5.91 Å². The normalized spacial score (nSPS) is 10.8. The van der Waals surface area contributed by atoms with Crippen LogP contribution >= 0.6 is 11.8 Å². The quantitative estimate of drug-likeness (QED) is 0.471. The number of amides is 1. The summed E-state index contributed by atoms with van der Waals surface area (Å²) in [5.74, 6) is -0.143. The van der Waals surface area contributed by atoms with Crippen molar-refractivity contribution in [2.75, 3.05) is 0 Å². The average Bonchev–Trinajstić information content (AvgIpc) is 3.28. The van der Waals surface area contributed by atoms with Crippen LogP contribution in [0, 0.1) is 13.8 Å². The van der Waals surface area contributed by atoms with Crippen LogP contribution in [0.5, 0.6) is 0 Å². The van der Waals surface area contributed by atoms with Crippen LogP contribution in [-0.2, 0) is 13.1 Å². The molecule has 2 heterocycles. The Morgan fingerprint density at radius 2 is 1.90 bits per heavy atom. The van der Waals surface area contributed by atoms with Gasteiger partial charge in [-0.15, -0.1) is 0 Å². The van der Waals surface area contributed by atoms with Gasteiger partial charge >= 0.3 is 0 Å². The zero-order chi connectivity index (χ0) is 21.6. The van der Waals surface area contributed by atoms with Gasteiger partial charge in [0.15, 0.2) is 0 Å². The summed E-state index contributed by atoms with van der Waals surface area (Å²) in [6, 6.07) is 17.9. The van der Waals surface area contributed by atoms with Crippen molar-refractivity contribution in [3.8, 4) is 0 Å². The highest BCUT2D eigenvalue weighted by molar-refractivity contribution is 7.99. The number of aryl methyl sites for hydroxylation is 2. The van der Waals surface area contributed by atoms with Crippen molar-refractivity contribution >= 4 is 17.7 Å². The van der Waals surface area contributed by atoms with Crippen molar-refractivity contribution in [1.82, 2.24) is 25.1 Å². The van der Waals surface area contributed by atoms with Crippen LogP contribution in [0.2, 0.25) is 0 Å². The predicted octanol–water partition coefficient (Wildman–Crippen LogP) is 4.42. The smallest absolute Gasteiger partial charge is 0.254 e. The van der Waals surface area contributed by atoms with Crippen LogP contribution in [0.25, 0.3) is 0 Å². The van der Waals surface area contributed by atoms with Crippen LogP contribution in [0.1, 0.15) is 32.6 Å². The Morgan fingerprint density at radius 3 is 2.68 bits per heavy atom. The molecular weight excluding hydrogens is 406 g/mol. The molecule has 0 aliphatic heterocycles. The fraction of sp³-hybridized carbons (Fsp3) is 0.167. The van der Waals surface area contributed by atoms with Crippen molar-refractivity contribution in [2.45, 2.75) is 36.9 Å². The Morgan fingerprint density at radius 1 is 1.06 bits per heavy atom. The maximum Gasteiger partial charge on any atom is 0.254 e. The van der Waals surface area contributed by atoms with Crippen LogP contribution in [0.3, 0.4) is 0 Å². The summed E-state index contributed by atoms with van der Waals surface area (Å²) >= 11 is 1.51. The molecule has 2 aromatic carbocycles. The molecule has 0 fully saturated rings. The standard InChI is InChI=1S/C24H23N5OS/c1-17-9-10-22(18(2)12-17)31-24-21(8-5-11-26-24)23(30)27-13-19-6-3-4-7-20(19)14-29-16-25-15-28-29/h3-12,15-16H,13-14H2,1-2H3,(H,27,30). The molecular formula is C24H23N5OS. The molecule has 0 unspecified atom stereocenters. The fourth-order valence-corrected chi connectivity index (χ4v) is 4.26. The van der Waals surface area contributed by atoms with Crippen LogP contribution < -0.4 is 5.32 Å². The van der Waals surface area contributed by atoms with Gasteiger partial charge in [0, 0.05) is 17.6 Å². The number of pyridine rings is 1. The molecule has 156 valence electrons. The molecule has 0 radical (unpaired) electrons. The lowest BCUT2D eigenvalue weighted by atomic mass is 10.1.